The second-order valence-electron chi connectivity index (χ2n) is 6.51. The number of nitro benzene ring substituents is 1. The van der Waals surface area contributed by atoms with Crippen molar-refractivity contribution < 1.29 is 4.92 Å². The van der Waals surface area contributed by atoms with Crippen LogP contribution in [0.5, 0.6) is 0 Å². The predicted molar refractivity (Wildman–Crippen MR) is 101 cm³/mol. The molecule has 2 aromatic carbocycles. The van der Waals surface area contributed by atoms with Crippen LogP contribution in [0.15, 0.2) is 54.6 Å². The molecule has 26 heavy (non-hydrogen) atoms. The maximum Gasteiger partial charge on any atom is 0.269 e. The molecule has 6 heteroatoms. The molecule has 0 radical (unpaired) electrons. The van der Waals surface area contributed by atoms with Crippen molar-refractivity contribution in [3.63, 3.8) is 0 Å². The molecule has 3 aromatic rings. The van der Waals surface area contributed by atoms with E-state index in [1.165, 1.54) is 23.3 Å². The number of nitrogens with one attached hydrogen (secondary N) is 1. The molecule has 6 nitrogen and oxygen atoms in total. The number of hydrogen-bond acceptors (Lipinski definition) is 4. The topological polar surface area (TPSA) is 73.0 Å². The van der Waals surface area contributed by atoms with Gasteiger partial charge >= 0.3 is 0 Å². The number of aromatic nitrogens is 2. The van der Waals surface area contributed by atoms with Gasteiger partial charge in [-0.05, 0) is 37.0 Å². The number of rotatable bonds is 4. The summed E-state index contributed by atoms with van der Waals surface area (Å²) in [6.45, 7) is 0.913. The lowest BCUT2D eigenvalue weighted by atomic mass is 10.0. The van der Waals surface area contributed by atoms with Crippen LogP contribution in [0.1, 0.15) is 29.7 Å². The molecular weight excluding hydrogens is 328 g/mol. The molecule has 0 amide bonds. The van der Waals surface area contributed by atoms with Gasteiger partial charge in [-0.25, -0.2) is 4.68 Å². The van der Waals surface area contributed by atoms with E-state index in [2.05, 4.69) is 17.4 Å². The monoisotopic (exact) mass is 348 g/mol. The summed E-state index contributed by atoms with van der Waals surface area (Å²) in [6, 6.07) is 16.9. The maximum atomic E-state index is 10.9. The molecule has 132 valence electrons. The third-order valence-electron chi connectivity index (χ3n) is 4.73. The fraction of sp³-hybridized carbons (Fsp3) is 0.250. The van der Waals surface area contributed by atoms with Gasteiger partial charge in [-0.3, -0.25) is 10.1 Å². The third-order valence-corrected chi connectivity index (χ3v) is 4.73. The minimum Gasteiger partial charge on any atom is -0.370 e. The number of nitrogens with zero attached hydrogens (tertiary/aromatic N) is 3. The van der Waals surface area contributed by atoms with Gasteiger partial charge < -0.3 is 5.32 Å². The highest BCUT2D eigenvalue weighted by molar-refractivity contribution is 5.55. The van der Waals surface area contributed by atoms with Gasteiger partial charge in [0.05, 0.1) is 16.3 Å². The van der Waals surface area contributed by atoms with Crippen LogP contribution < -0.4 is 5.32 Å². The summed E-state index contributed by atoms with van der Waals surface area (Å²) in [7, 11) is 0. The molecule has 2 heterocycles. The zero-order valence-corrected chi connectivity index (χ0v) is 14.4. The summed E-state index contributed by atoms with van der Waals surface area (Å²) >= 11 is 0. The molecule has 4 rings (SSSR count). The molecule has 1 aliphatic heterocycles. The Kier molecular flexibility index (Phi) is 4.39. The van der Waals surface area contributed by atoms with Gasteiger partial charge in [0.2, 0.25) is 0 Å². The average molecular weight is 348 g/mol. The van der Waals surface area contributed by atoms with Gasteiger partial charge in [-0.2, -0.15) is 5.10 Å². The molecule has 0 fully saturated rings. The Morgan fingerprint density at radius 1 is 1.08 bits per heavy atom. The number of nitro groups is 1. The minimum absolute atomic E-state index is 0.0875. The quantitative estimate of drug-likeness (QED) is 0.568. The molecule has 0 unspecified atom stereocenters. The number of benzene rings is 2. The highest BCUT2D eigenvalue weighted by Gasteiger charge is 2.21. The van der Waals surface area contributed by atoms with Crippen molar-refractivity contribution >= 4 is 11.5 Å². The summed E-state index contributed by atoms with van der Waals surface area (Å²) in [5.41, 5.74) is 4.47. The zero-order chi connectivity index (χ0) is 17.9. The van der Waals surface area contributed by atoms with Crippen molar-refractivity contribution in [3.05, 3.63) is 81.5 Å². The number of fused-ring (bicyclic) bond motifs is 1. The van der Waals surface area contributed by atoms with Crippen molar-refractivity contribution in [2.45, 2.75) is 25.7 Å². The second-order valence-corrected chi connectivity index (χ2v) is 6.51. The first kappa shape index (κ1) is 16.3. The summed E-state index contributed by atoms with van der Waals surface area (Å²) in [6.07, 6.45) is 4.04. The highest BCUT2D eigenvalue weighted by atomic mass is 16.6. The van der Waals surface area contributed by atoms with Crippen LogP contribution in [-0.2, 0) is 12.8 Å². The molecular formula is C20H20N4O2. The van der Waals surface area contributed by atoms with Crippen LogP contribution in [-0.4, -0.2) is 21.2 Å². The highest BCUT2D eigenvalue weighted by Crippen LogP contribution is 2.30. The first-order valence-corrected chi connectivity index (χ1v) is 8.86. The van der Waals surface area contributed by atoms with Crippen LogP contribution >= 0.6 is 0 Å². The standard InChI is InChI=1S/C20H20N4O2/c25-24(26)17-11-9-16(10-12-17)23-20-18(8-4-5-13-21-20)19(22-23)14-15-6-2-1-3-7-15/h1-3,6-7,9-12,21H,4-5,8,13-14H2. The number of hydrogen-bond donors (Lipinski definition) is 1. The van der Waals surface area contributed by atoms with E-state index >= 15 is 0 Å². The average Bonchev–Trinajstić information content (AvgIpc) is 2.83. The summed E-state index contributed by atoms with van der Waals surface area (Å²) in [5, 5.41) is 19.3. The summed E-state index contributed by atoms with van der Waals surface area (Å²) in [4.78, 5) is 10.5. The van der Waals surface area contributed by atoms with Crippen LogP contribution in [0.25, 0.3) is 5.69 Å². The molecule has 0 spiro atoms. The van der Waals surface area contributed by atoms with Crippen molar-refractivity contribution in [1.29, 1.82) is 0 Å². The van der Waals surface area contributed by atoms with Gasteiger partial charge in [-0.1, -0.05) is 30.3 Å². The summed E-state index contributed by atoms with van der Waals surface area (Å²) in [5.74, 6) is 1.02. The Bertz CT molecular complexity index is 917. The van der Waals surface area contributed by atoms with E-state index in [-0.39, 0.29) is 10.6 Å². The van der Waals surface area contributed by atoms with Crippen LogP contribution in [0, 0.1) is 10.1 Å². The van der Waals surface area contributed by atoms with Crippen LogP contribution in [0.2, 0.25) is 0 Å². The van der Waals surface area contributed by atoms with E-state index in [0.29, 0.717) is 0 Å². The normalized spacial score (nSPS) is 13.5. The molecule has 0 aliphatic carbocycles. The van der Waals surface area contributed by atoms with Gasteiger partial charge in [0.1, 0.15) is 5.82 Å². The van der Waals surface area contributed by atoms with E-state index in [1.807, 2.05) is 22.9 Å². The smallest absolute Gasteiger partial charge is 0.269 e. The molecule has 0 atom stereocenters. The van der Waals surface area contributed by atoms with E-state index in [1.54, 1.807) is 12.1 Å². The van der Waals surface area contributed by atoms with Crippen LogP contribution in [0.3, 0.4) is 0 Å². The van der Waals surface area contributed by atoms with Gasteiger partial charge in [0, 0.05) is 30.7 Å². The Labute approximate surface area is 151 Å². The fourth-order valence-corrected chi connectivity index (χ4v) is 3.41. The first-order valence-electron chi connectivity index (χ1n) is 8.86. The van der Waals surface area contributed by atoms with Gasteiger partial charge in [0.25, 0.3) is 5.69 Å². The number of anilines is 1. The van der Waals surface area contributed by atoms with E-state index in [9.17, 15) is 10.1 Å². The van der Waals surface area contributed by atoms with E-state index in [0.717, 1.165) is 49.4 Å². The summed E-state index contributed by atoms with van der Waals surface area (Å²) < 4.78 is 1.89. The molecule has 0 saturated heterocycles. The lowest BCUT2D eigenvalue weighted by molar-refractivity contribution is -0.384. The van der Waals surface area contributed by atoms with E-state index in [4.69, 9.17) is 5.10 Å². The first-order chi connectivity index (χ1) is 12.7. The van der Waals surface area contributed by atoms with Crippen molar-refractivity contribution in [3.8, 4) is 5.69 Å². The Hall–Kier alpha value is -3.15. The molecule has 0 saturated carbocycles. The number of non-ortho nitro benzene ring substituents is 1. The second kappa shape index (κ2) is 7.00. The zero-order valence-electron chi connectivity index (χ0n) is 14.4. The lowest BCUT2D eigenvalue weighted by Crippen LogP contribution is -2.07. The SMILES string of the molecule is O=[N+]([O-])c1ccc(-n2nc(Cc3ccccc3)c3c2NCCCC3)cc1. The third kappa shape index (κ3) is 3.18. The Morgan fingerprint density at radius 3 is 2.58 bits per heavy atom. The molecule has 1 aromatic heterocycles. The fourth-order valence-electron chi connectivity index (χ4n) is 3.41. The lowest BCUT2D eigenvalue weighted by Gasteiger charge is -2.09. The molecule has 1 aliphatic rings. The van der Waals surface area contributed by atoms with E-state index < -0.39 is 0 Å². The Balaban J connectivity index is 1.75. The maximum absolute atomic E-state index is 10.9. The Morgan fingerprint density at radius 2 is 1.85 bits per heavy atom. The molecule has 1 N–H and O–H groups in total. The predicted octanol–water partition coefficient (Wildman–Crippen LogP) is 4.12. The van der Waals surface area contributed by atoms with Crippen molar-refractivity contribution in [1.82, 2.24) is 9.78 Å². The van der Waals surface area contributed by atoms with Crippen molar-refractivity contribution in [2.24, 2.45) is 0 Å². The minimum atomic E-state index is -0.382. The van der Waals surface area contributed by atoms with Crippen LogP contribution in [0.4, 0.5) is 11.5 Å². The largest absolute Gasteiger partial charge is 0.370 e. The van der Waals surface area contributed by atoms with Gasteiger partial charge in [-0.15, -0.1) is 0 Å². The van der Waals surface area contributed by atoms with Gasteiger partial charge in [0.15, 0.2) is 0 Å². The molecule has 0 bridgehead atoms. The van der Waals surface area contributed by atoms with Crippen molar-refractivity contribution in [2.75, 3.05) is 11.9 Å².